The zero-order valence-electron chi connectivity index (χ0n) is 8.97. The lowest BCUT2D eigenvalue weighted by molar-refractivity contribution is -0.0310. The van der Waals surface area contributed by atoms with E-state index in [1.165, 1.54) is 0 Å². The van der Waals surface area contributed by atoms with E-state index in [2.05, 4.69) is 4.98 Å². The molecule has 5 heteroatoms. The number of hydrogen-bond donors (Lipinski definition) is 1. The van der Waals surface area contributed by atoms with Crippen LogP contribution in [0.3, 0.4) is 0 Å². The predicted octanol–water partition coefficient (Wildman–Crippen LogP) is 0.261. The molecule has 1 saturated heterocycles. The molecule has 16 heavy (non-hydrogen) atoms. The van der Waals surface area contributed by atoms with Gasteiger partial charge in [0.2, 0.25) is 0 Å². The predicted molar refractivity (Wildman–Crippen MR) is 60.1 cm³/mol. The maximum atomic E-state index is 10.6. The summed E-state index contributed by atoms with van der Waals surface area (Å²) in [4.78, 5) is 16.4. The normalized spacial score (nSPS) is 20.6. The molecule has 0 aliphatic carbocycles. The molecule has 2 radical (unpaired) electrons. The minimum absolute atomic E-state index is 0.278. The number of aliphatic hydroxyl groups is 1. The highest BCUT2D eigenvalue weighted by Gasteiger charge is 2.33. The van der Waals surface area contributed by atoms with Crippen LogP contribution in [0, 0.1) is 0 Å². The molecule has 1 unspecified atom stereocenters. The number of nitrogens with zero attached hydrogens (tertiary/aromatic N) is 2. The Balaban J connectivity index is 2.29. The number of rotatable bonds is 3. The summed E-state index contributed by atoms with van der Waals surface area (Å²) in [5, 5.41) is 10.2. The van der Waals surface area contributed by atoms with Gasteiger partial charge in [0.05, 0.1) is 5.69 Å². The van der Waals surface area contributed by atoms with Crippen LogP contribution in [0.4, 0.5) is 0 Å². The van der Waals surface area contributed by atoms with E-state index >= 15 is 0 Å². The van der Waals surface area contributed by atoms with Gasteiger partial charge in [-0.3, -0.25) is 9.69 Å². The largest absolute Gasteiger partial charge is 0.379 e. The second-order valence-electron chi connectivity index (χ2n) is 3.99. The number of pyridine rings is 1. The first-order valence-electron chi connectivity index (χ1n) is 5.33. The van der Waals surface area contributed by atoms with Crippen molar-refractivity contribution in [2.75, 3.05) is 13.1 Å². The molecule has 1 aromatic heterocycles. The minimum Gasteiger partial charge on any atom is -0.379 e. The fourth-order valence-electron chi connectivity index (χ4n) is 1.94. The number of aldehydes is 1. The molecule has 0 amide bonds. The Morgan fingerprint density at radius 2 is 2.12 bits per heavy atom. The van der Waals surface area contributed by atoms with Gasteiger partial charge < -0.3 is 5.11 Å². The first-order chi connectivity index (χ1) is 7.64. The van der Waals surface area contributed by atoms with E-state index in [0.717, 1.165) is 25.9 Å². The topological polar surface area (TPSA) is 53.4 Å². The van der Waals surface area contributed by atoms with Crippen LogP contribution < -0.4 is 0 Å². The van der Waals surface area contributed by atoms with Crippen LogP contribution in [-0.4, -0.2) is 42.2 Å². The Morgan fingerprint density at radius 1 is 1.44 bits per heavy atom. The van der Waals surface area contributed by atoms with Crippen LogP contribution in [0.2, 0.25) is 0 Å². The molecular weight excluding hydrogens is 203 g/mol. The van der Waals surface area contributed by atoms with Gasteiger partial charge in [0, 0.05) is 13.1 Å². The quantitative estimate of drug-likeness (QED) is 0.581. The lowest BCUT2D eigenvalue weighted by Gasteiger charge is -2.34. The Morgan fingerprint density at radius 3 is 2.75 bits per heavy atom. The van der Waals surface area contributed by atoms with Crippen molar-refractivity contribution in [3.05, 3.63) is 29.6 Å². The van der Waals surface area contributed by atoms with E-state index in [-0.39, 0.29) is 5.69 Å². The summed E-state index contributed by atoms with van der Waals surface area (Å²) in [6, 6.07) is 4.88. The lowest BCUT2D eigenvalue weighted by atomic mass is 9.85. The molecule has 1 aliphatic heterocycles. The van der Waals surface area contributed by atoms with Gasteiger partial charge in [-0.2, -0.15) is 0 Å². The Hall–Kier alpha value is -1.20. The summed E-state index contributed by atoms with van der Waals surface area (Å²) in [5.74, 6) is 0. The summed E-state index contributed by atoms with van der Waals surface area (Å²) >= 11 is 0. The molecule has 1 N–H and O–H groups in total. The second-order valence-corrected chi connectivity index (χ2v) is 3.99. The highest BCUT2D eigenvalue weighted by molar-refractivity contribution is 6.14. The SMILES string of the molecule is [B]C(O)(c1cccc(C=O)n1)N1CCCC1. The van der Waals surface area contributed by atoms with E-state index in [1.54, 1.807) is 23.1 Å². The van der Waals surface area contributed by atoms with Crippen LogP contribution in [0.25, 0.3) is 0 Å². The van der Waals surface area contributed by atoms with Gasteiger partial charge in [-0.1, -0.05) is 6.07 Å². The third-order valence-corrected chi connectivity index (χ3v) is 2.86. The van der Waals surface area contributed by atoms with Crippen molar-refractivity contribution >= 4 is 14.1 Å². The van der Waals surface area contributed by atoms with Gasteiger partial charge in [-0.15, -0.1) is 0 Å². The van der Waals surface area contributed by atoms with Gasteiger partial charge >= 0.3 is 0 Å². The monoisotopic (exact) mass is 216 g/mol. The van der Waals surface area contributed by atoms with Crippen LogP contribution in [0.1, 0.15) is 29.0 Å². The maximum absolute atomic E-state index is 10.6. The average Bonchev–Trinajstić information content (AvgIpc) is 2.83. The van der Waals surface area contributed by atoms with Crippen molar-refractivity contribution in [3.63, 3.8) is 0 Å². The van der Waals surface area contributed by atoms with E-state index in [4.69, 9.17) is 7.85 Å². The summed E-state index contributed by atoms with van der Waals surface area (Å²) < 4.78 is 0. The highest BCUT2D eigenvalue weighted by atomic mass is 16.3. The third-order valence-electron chi connectivity index (χ3n) is 2.86. The smallest absolute Gasteiger partial charge is 0.168 e. The average molecular weight is 216 g/mol. The van der Waals surface area contributed by atoms with Crippen molar-refractivity contribution in [1.29, 1.82) is 0 Å². The lowest BCUT2D eigenvalue weighted by Crippen LogP contribution is -2.45. The number of aromatic nitrogens is 1. The van der Waals surface area contributed by atoms with Gasteiger partial charge in [-0.05, 0) is 25.0 Å². The van der Waals surface area contributed by atoms with Crippen molar-refractivity contribution in [3.8, 4) is 0 Å². The fraction of sp³-hybridized carbons (Fsp3) is 0.455. The van der Waals surface area contributed by atoms with Crippen molar-refractivity contribution < 1.29 is 9.90 Å². The summed E-state index contributed by atoms with van der Waals surface area (Å²) in [6.07, 6.45) is 2.68. The first-order valence-corrected chi connectivity index (χ1v) is 5.33. The molecule has 1 fully saturated rings. The molecular formula is C11H13BN2O2. The van der Waals surface area contributed by atoms with Gasteiger partial charge in [0.1, 0.15) is 19.2 Å². The van der Waals surface area contributed by atoms with E-state index < -0.39 is 5.62 Å². The van der Waals surface area contributed by atoms with Crippen LogP contribution in [-0.2, 0) is 5.62 Å². The number of likely N-dealkylation sites (tertiary alicyclic amines) is 1. The van der Waals surface area contributed by atoms with Gasteiger partial charge in [0.15, 0.2) is 6.29 Å². The molecule has 1 atom stereocenters. The highest BCUT2D eigenvalue weighted by Crippen LogP contribution is 2.24. The molecule has 1 aliphatic rings. The first kappa shape index (κ1) is 11.3. The number of carbonyl (C=O) groups excluding carboxylic acids is 1. The molecule has 2 heterocycles. The van der Waals surface area contributed by atoms with Crippen LogP contribution >= 0.6 is 0 Å². The van der Waals surface area contributed by atoms with Crippen LogP contribution in [0.15, 0.2) is 18.2 Å². The zero-order valence-corrected chi connectivity index (χ0v) is 8.97. The van der Waals surface area contributed by atoms with E-state index in [1.807, 2.05) is 0 Å². The summed E-state index contributed by atoms with van der Waals surface area (Å²) in [7, 11) is 5.87. The Bertz CT molecular complexity index is 389. The third kappa shape index (κ3) is 2.01. The van der Waals surface area contributed by atoms with Gasteiger partial charge in [-0.25, -0.2) is 4.98 Å². The fourth-order valence-corrected chi connectivity index (χ4v) is 1.94. The second kappa shape index (κ2) is 4.35. The standard InChI is InChI=1S/C11H13BN2O2/c12-11(16,14-6-1-2-7-14)10-5-3-4-9(8-15)13-10/h3-5,8,16H,1-2,6-7H2. The zero-order chi connectivity index (χ0) is 11.6. The maximum Gasteiger partial charge on any atom is 0.168 e. The van der Waals surface area contributed by atoms with E-state index in [0.29, 0.717) is 12.0 Å². The molecule has 0 saturated carbocycles. The minimum atomic E-state index is -1.57. The van der Waals surface area contributed by atoms with Crippen molar-refractivity contribution in [1.82, 2.24) is 9.88 Å². The molecule has 82 valence electrons. The molecule has 0 spiro atoms. The van der Waals surface area contributed by atoms with Crippen molar-refractivity contribution in [2.24, 2.45) is 0 Å². The van der Waals surface area contributed by atoms with E-state index in [9.17, 15) is 9.90 Å². The van der Waals surface area contributed by atoms with Crippen molar-refractivity contribution in [2.45, 2.75) is 18.5 Å². The molecule has 2 rings (SSSR count). The summed E-state index contributed by atoms with van der Waals surface area (Å²) in [6.45, 7) is 1.50. The number of hydrogen-bond acceptors (Lipinski definition) is 4. The van der Waals surface area contributed by atoms with Crippen LogP contribution in [0.5, 0.6) is 0 Å². The molecule has 4 nitrogen and oxygen atoms in total. The Labute approximate surface area is 95.7 Å². The van der Waals surface area contributed by atoms with Gasteiger partial charge in [0.25, 0.3) is 0 Å². The molecule has 0 bridgehead atoms. The molecule has 0 aromatic carbocycles. The number of carbonyl (C=O) groups is 1. The molecule has 1 aromatic rings. The summed E-state index contributed by atoms with van der Waals surface area (Å²) in [5.41, 5.74) is -0.977. The Kier molecular flexibility index (Phi) is 3.07.